The van der Waals surface area contributed by atoms with Crippen LogP contribution in [0.2, 0.25) is 0 Å². The van der Waals surface area contributed by atoms with E-state index in [-0.39, 0.29) is 18.5 Å². The topological polar surface area (TPSA) is 66.5 Å². The van der Waals surface area contributed by atoms with Gasteiger partial charge < -0.3 is 5.32 Å². The lowest BCUT2D eigenvalue weighted by molar-refractivity contribution is -0.120. The Morgan fingerprint density at radius 1 is 1.07 bits per heavy atom. The Morgan fingerprint density at radius 2 is 1.67 bits per heavy atom. The van der Waals surface area contributed by atoms with E-state index in [0.717, 1.165) is 27.0 Å². The molecule has 0 saturated heterocycles. The van der Waals surface area contributed by atoms with E-state index in [9.17, 15) is 13.2 Å². The number of amides is 1. The molecule has 0 fully saturated rings. The highest BCUT2D eigenvalue weighted by molar-refractivity contribution is 9.10. The Kier molecular flexibility index (Phi) is 7.44. The van der Waals surface area contributed by atoms with Gasteiger partial charge >= 0.3 is 0 Å². The predicted molar refractivity (Wildman–Crippen MR) is 113 cm³/mol. The molecule has 27 heavy (non-hydrogen) atoms. The summed E-state index contributed by atoms with van der Waals surface area (Å²) in [4.78, 5) is 12.7. The summed E-state index contributed by atoms with van der Waals surface area (Å²) in [5.41, 5.74) is 1.46. The van der Waals surface area contributed by atoms with Crippen molar-refractivity contribution in [3.63, 3.8) is 0 Å². The quantitative estimate of drug-likeness (QED) is 0.654. The zero-order valence-corrected chi connectivity index (χ0v) is 18.1. The second-order valence-corrected chi connectivity index (χ2v) is 9.73. The van der Waals surface area contributed by atoms with Crippen molar-refractivity contribution < 1.29 is 13.2 Å². The maximum atomic E-state index is 12.7. The highest BCUT2D eigenvalue weighted by Gasteiger charge is 2.23. The van der Waals surface area contributed by atoms with E-state index < -0.39 is 10.0 Å². The average Bonchev–Trinajstić information content (AvgIpc) is 2.59. The first-order valence-corrected chi connectivity index (χ1v) is 11.4. The second-order valence-electron chi connectivity index (χ2n) is 6.91. The van der Waals surface area contributed by atoms with Crippen LogP contribution in [-0.2, 0) is 14.8 Å². The Bertz CT molecular complexity index is 853. The van der Waals surface area contributed by atoms with Crippen LogP contribution in [0.3, 0.4) is 0 Å². The number of anilines is 1. The highest BCUT2D eigenvalue weighted by Crippen LogP contribution is 2.23. The van der Waals surface area contributed by atoms with E-state index >= 15 is 0 Å². The van der Waals surface area contributed by atoms with Crippen molar-refractivity contribution in [2.75, 3.05) is 17.1 Å². The lowest BCUT2D eigenvalue weighted by Crippen LogP contribution is -2.41. The molecule has 0 spiro atoms. The van der Waals surface area contributed by atoms with Gasteiger partial charge in [0.15, 0.2) is 0 Å². The fraction of sp³-hybridized carbons (Fsp3) is 0.350. The van der Waals surface area contributed by atoms with Crippen molar-refractivity contribution in [2.24, 2.45) is 5.92 Å². The smallest absolute Gasteiger partial charge is 0.241 e. The van der Waals surface area contributed by atoms with Gasteiger partial charge in [0.2, 0.25) is 15.9 Å². The van der Waals surface area contributed by atoms with E-state index in [2.05, 4.69) is 35.1 Å². The SMILES string of the molecule is CC(C)C[C@@H](NC(=O)CN(c1ccc(Br)cc1)S(C)(=O)=O)c1ccccc1. The molecule has 0 saturated carbocycles. The maximum Gasteiger partial charge on any atom is 0.241 e. The van der Waals surface area contributed by atoms with Crippen molar-refractivity contribution in [2.45, 2.75) is 26.3 Å². The van der Waals surface area contributed by atoms with Gasteiger partial charge in [0, 0.05) is 4.47 Å². The fourth-order valence-electron chi connectivity index (χ4n) is 2.81. The van der Waals surface area contributed by atoms with Gasteiger partial charge in [-0.15, -0.1) is 0 Å². The molecule has 2 rings (SSSR count). The summed E-state index contributed by atoms with van der Waals surface area (Å²) in [6, 6.07) is 16.4. The van der Waals surface area contributed by atoms with E-state index in [4.69, 9.17) is 0 Å². The third-order valence-corrected chi connectivity index (χ3v) is 5.72. The van der Waals surface area contributed by atoms with Crippen LogP contribution in [0.15, 0.2) is 59.1 Å². The van der Waals surface area contributed by atoms with Gasteiger partial charge in [0.05, 0.1) is 18.0 Å². The van der Waals surface area contributed by atoms with E-state index in [1.54, 1.807) is 24.3 Å². The van der Waals surface area contributed by atoms with Gasteiger partial charge in [-0.25, -0.2) is 8.42 Å². The molecule has 2 aromatic carbocycles. The Hall–Kier alpha value is -1.86. The van der Waals surface area contributed by atoms with Crippen LogP contribution in [0.25, 0.3) is 0 Å². The van der Waals surface area contributed by atoms with Crippen LogP contribution in [-0.4, -0.2) is 27.1 Å². The Balaban J connectivity index is 2.19. The van der Waals surface area contributed by atoms with Crippen molar-refractivity contribution in [1.29, 1.82) is 0 Å². The van der Waals surface area contributed by atoms with Gasteiger partial charge in [-0.3, -0.25) is 9.10 Å². The maximum absolute atomic E-state index is 12.7. The van der Waals surface area contributed by atoms with Gasteiger partial charge in [-0.05, 0) is 42.2 Å². The van der Waals surface area contributed by atoms with Gasteiger partial charge in [0.25, 0.3) is 0 Å². The molecule has 146 valence electrons. The number of hydrogen-bond acceptors (Lipinski definition) is 3. The van der Waals surface area contributed by atoms with Crippen LogP contribution < -0.4 is 9.62 Å². The predicted octanol–water partition coefficient (Wildman–Crippen LogP) is 4.12. The van der Waals surface area contributed by atoms with Crippen LogP contribution in [0.1, 0.15) is 31.9 Å². The van der Waals surface area contributed by atoms with Crippen LogP contribution in [0.4, 0.5) is 5.69 Å². The Labute approximate surface area is 170 Å². The third-order valence-electron chi connectivity index (χ3n) is 4.05. The molecule has 0 bridgehead atoms. The molecule has 0 aliphatic carbocycles. The molecular formula is C20H25BrN2O3S. The third kappa shape index (κ3) is 6.66. The van der Waals surface area contributed by atoms with Gasteiger partial charge in [0.1, 0.15) is 6.54 Å². The molecule has 0 aliphatic rings. The molecular weight excluding hydrogens is 428 g/mol. The summed E-state index contributed by atoms with van der Waals surface area (Å²) < 4.78 is 26.4. The summed E-state index contributed by atoms with van der Waals surface area (Å²) in [6.45, 7) is 3.92. The van der Waals surface area contributed by atoms with Crippen LogP contribution in [0, 0.1) is 5.92 Å². The molecule has 2 aromatic rings. The summed E-state index contributed by atoms with van der Waals surface area (Å²) in [5.74, 6) is 0.0471. The minimum absolute atomic E-state index is 0.162. The molecule has 1 N–H and O–H groups in total. The fourth-order valence-corrected chi connectivity index (χ4v) is 3.93. The number of rotatable bonds is 8. The van der Waals surface area contributed by atoms with E-state index in [1.807, 2.05) is 30.3 Å². The van der Waals surface area contributed by atoms with Crippen molar-refractivity contribution in [1.82, 2.24) is 5.32 Å². The molecule has 0 unspecified atom stereocenters. The van der Waals surface area contributed by atoms with E-state index in [0.29, 0.717) is 11.6 Å². The first-order valence-electron chi connectivity index (χ1n) is 8.74. The highest BCUT2D eigenvalue weighted by atomic mass is 79.9. The standard InChI is InChI=1S/C20H25BrN2O3S/c1-15(2)13-19(16-7-5-4-6-8-16)22-20(24)14-23(27(3,25)26)18-11-9-17(21)10-12-18/h4-12,15,19H,13-14H2,1-3H3,(H,22,24)/t19-/m1/s1. The minimum atomic E-state index is -3.59. The number of sulfonamides is 1. The zero-order chi connectivity index (χ0) is 20.0. The monoisotopic (exact) mass is 452 g/mol. The largest absolute Gasteiger partial charge is 0.348 e. The van der Waals surface area contributed by atoms with Crippen LogP contribution in [0.5, 0.6) is 0 Å². The second kappa shape index (κ2) is 9.37. The van der Waals surface area contributed by atoms with Gasteiger partial charge in [-0.2, -0.15) is 0 Å². The molecule has 1 amide bonds. The van der Waals surface area contributed by atoms with Crippen molar-refractivity contribution >= 4 is 37.5 Å². The number of carbonyl (C=O) groups is 1. The molecule has 0 heterocycles. The average molecular weight is 453 g/mol. The van der Waals surface area contributed by atoms with Crippen molar-refractivity contribution in [3.05, 3.63) is 64.6 Å². The number of halogens is 1. The minimum Gasteiger partial charge on any atom is -0.348 e. The molecule has 5 nitrogen and oxygen atoms in total. The number of carbonyl (C=O) groups excluding carboxylic acids is 1. The molecule has 0 aromatic heterocycles. The first kappa shape index (κ1) is 21.4. The number of nitrogens with one attached hydrogen (secondary N) is 1. The normalized spacial score (nSPS) is 12.6. The summed E-state index contributed by atoms with van der Waals surface area (Å²) in [7, 11) is -3.59. The number of benzene rings is 2. The Morgan fingerprint density at radius 3 is 2.19 bits per heavy atom. The number of hydrogen-bond donors (Lipinski definition) is 1. The summed E-state index contributed by atoms with van der Waals surface area (Å²) >= 11 is 3.33. The molecule has 7 heteroatoms. The number of nitrogens with zero attached hydrogens (tertiary/aromatic N) is 1. The zero-order valence-electron chi connectivity index (χ0n) is 15.7. The summed E-state index contributed by atoms with van der Waals surface area (Å²) in [6.07, 6.45) is 1.87. The molecule has 0 radical (unpaired) electrons. The first-order chi connectivity index (χ1) is 12.7. The molecule has 1 atom stereocenters. The summed E-state index contributed by atoms with van der Waals surface area (Å²) in [5, 5.41) is 2.99. The van der Waals surface area contributed by atoms with E-state index in [1.165, 1.54) is 0 Å². The molecule has 0 aliphatic heterocycles. The van der Waals surface area contributed by atoms with Gasteiger partial charge in [-0.1, -0.05) is 60.1 Å². The lowest BCUT2D eigenvalue weighted by atomic mass is 9.97. The van der Waals surface area contributed by atoms with Crippen LogP contribution >= 0.6 is 15.9 Å². The van der Waals surface area contributed by atoms with Crippen molar-refractivity contribution in [3.8, 4) is 0 Å². The lowest BCUT2D eigenvalue weighted by Gasteiger charge is -2.25.